The van der Waals surface area contributed by atoms with Crippen molar-refractivity contribution in [2.24, 2.45) is 11.8 Å². The molecule has 2 nitrogen and oxygen atoms in total. The lowest BCUT2D eigenvalue weighted by molar-refractivity contribution is 0.263. The van der Waals surface area contributed by atoms with Crippen LogP contribution in [0.2, 0.25) is 0 Å². The number of nitrogens with zero attached hydrogens (tertiary/aromatic N) is 2. The van der Waals surface area contributed by atoms with Crippen molar-refractivity contribution in [2.75, 3.05) is 13.6 Å². The first-order valence-electron chi connectivity index (χ1n) is 6.25. The van der Waals surface area contributed by atoms with Crippen LogP contribution in [-0.4, -0.2) is 18.5 Å². The van der Waals surface area contributed by atoms with Crippen LogP contribution in [0.4, 0.5) is 0 Å². The molecule has 0 spiro atoms. The highest BCUT2D eigenvalue weighted by molar-refractivity contribution is 5.22. The normalized spacial score (nSPS) is 29.8. The SMILES string of the molecule is CN1C=CC=C([C@@H]2CCCC[C@H]2CC#N)C1. The largest absolute Gasteiger partial charge is 0.376 e. The molecule has 0 aromatic rings. The fourth-order valence-corrected chi connectivity index (χ4v) is 3.01. The molecule has 16 heavy (non-hydrogen) atoms. The Morgan fingerprint density at radius 2 is 2.25 bits per heavy atom. The van der Waals surface area contributed by atoms with Crippen molar-refractivity contribution >= 4 is 0 Å². The van der Waals surface area contributed by atoms with Gasteiger partial charge in [-0.2, -0.15) is 5.26 Å². The van der Waals surface area contributed by atoms with Crippen LogP contribution < -0.4 is 0 Å². The third kappa shape index (κ3) is 2.47. The van der Waals surface area contributed by atoms with Crippen LogP contribution in [0.25, 0.3) is 0 Å². The Labute approximate surface area is 98.2 Å². The maximum absolute atomic E-state index is 8.89. The predicted molar refractivity (Wildman–Crippen MR) is 65.5 cm³/mol. The van der Waals surface area contributed by atoms with Crippen LogP contribution in [0, 0.1) is 23.2 Å². The maximum atomic E-state index is 8.89. The van der Waals surface area contributed by atoms with Gasteiger partial charge in [-0.25, -0.2) is 0 Å². The molecule has 2 heteroatoms. The van der Waals surface area contributed by atoms with Gasteiger partial charge in [0.05, 0.1) is 6.07 Å². The quantitative estimate of drug-likeness (QED) is 0.709. The van der Waals surface area contributed by atoms with Gasteiger partial charge in [-0.3, -0.25) is 0 Å². The Hall–Kier alpha value is -1.23. The number of rotatable bonds is 2. The van der Waals surface area contributed by atoms with Gasteiger partial charge in [0, 0.05) is 20.0 Å². The van der Waals surface area contributed by atoms with E-state index in [0.29, 0.717) is 11.8 Å². The van der Waals surface area contributed by atoms with Gasteiger partial charge in [0.15, 0.2) is 0 Å². The van der Waals surface area contributed by atoms with E-state index in [2.05, 4.69) is 36.4 Å². The van der Waals surface area contributed by atoms with Gasteiger partial charge in [0.1, 0.15) is 0 Å². The minimum atomic E-state index is 0.602. The van der Waals surface area contributed by atoms with Crippen LogP contribution in [0.1, 0.15) is 32.1 Å². The topological polar surface area (TPSA) is 27.0 Å². The summed E-state index contributed by atoms with van der Waals surface area (Å²) in [5.41, 5.74) is 1.53. The summed E-state index contributed by atoms with van der Waals surface area (Å²) in [5, 5.41) is 8.89. The highest BCUT2D eigenvalue weighted by Gasteiger charge is 2.28. The molecule has 1 saturated carbocycles. The van der Waals surface area contributed by atoms with E-state index >= 15 is 0 Å². The minimum Gasteiger partial charge on any atom is -0.376 e. The summed E-state index contributed by atoms with van der Waals surface area (Å²) in [6, 6.07) is 2.36. The molecule has 2 atom stereocenters. The zero-order valence-electron chi connectivity index (χ0n) is 10.0. The fourth-order valence-electron chi connectivity index (χ4n) is 3.01. The minimum absolute atomic E-state index is 0.602. The molecule has 1 aliphatic carbocycles. The standard InChI is InChI=1S/C14H20N2/c1-16-10-4-6-13(11-16)14-7-3-2-5-12(14)8-9-15/h4,6,10,12,14H,2-3,5,7-8,11H2,1H3/t12-,14+/m0/s1. The smallest absolute Gasteiger partial charge is 0.0624 e. The van der Waals surface area contributed by atoms with E-state index in [-0.39, 0.29) is 0 Å². The lowest BCUT2D eigenvalue weighted by Gasteiger charge is -2.34. The summed E-state index contributed by atoms with van der Waals surface area (Å²) in [5.74, 6) is 1.26. The maximum Gasteiger partial charge on any atom is 0.0624 e. The van der Waals surface area contributed by atoms with Crippen LogP contribution in [-0.2, 0) is 0 Å². The number of hydrogen-bond donors (Lipinski definition) is 0. The van der Waals surface area contributed by atoms with E-state index in [1.54, 1.807) is 0 Å². The van der Waals surface area contributed by atoms with Crippen molar-refractivity contribution in [3.05, 3.63) is 23.9 Å². The van der Waals surface area contributed by atoms with Gasteiger partial charge < -0.3 is 4.90 Å². The molecule has 86 valence electrons. The Morgan fingerprint density at radius 1 is 1.44 bits per heavy atom. The molecule has 0 aromatic carbocycles. The molecule has 0 N–H and O–H groups in total. The average Bonchev–Trinajstić information content (AvgIpc) is 2.30. The molecule has 0 bridgehead atoms. The molecule has 0 unspecified atom stereocenters. The molecule has 2 aliphatic rings. The van der Waals surface area contributed by atoms with Gasteiger partial charge in [-0.1, -0.05) is 18.9 Å². The van der Waals surface area contributed by atoms with Crippen LogP contribution in [0.3, 0.4) is 0 Å². The summed E-state index contributed by atoms with van der Waals surface area (Å²) in [6.07, 6.45) is 12.4. The van der Waals surface area contributed by atoms with Crippen LogP contribution >= 0.6 is 0 Å². The third-order valence-electron chi connectivity index (χ3n) is 3.82. The first-order chi connectivity index (χ1) is 7.81. The van der Waals surface area contributed by atoms with Gasteiger partial charge in [-0.15, -0.1) is 0 Å². The van der Waals surface area contributed by atoms with Crippen molar-refractivity contribution in [3.8, 4) is 6.07 Å². The van der Waals surface area contributed by atoms with Gasteiger partial charge in [0.2, 0.25) is 0 Å². The van der Waals surface area contributed by atoms with Crippen molar-refractivity contribution in [1.29, 1.82) is 5.26 Å². The molecule has 0 saturated heterocycles. The number of nitriles is 1. The summed E-state index contributed by atoms with van der Waals surface area (Å²) < 4.78 is 0. The molecule has 1 fully saturated rings. The Morgan fingerprint density at radius 3 is 3.00 bits per heavy atom. The monoisotopic (exact) mass is 216 g/mol. The lowest BCUT2D eigenvalue weighted by Crippen LogP contribution is -2.28. The van der Waals surface area contributed by atoms with E-state index in [1.165, 1.54) is 31.3 Å². The van der Waals surface area contributed by atoms with Crippen molar-refractivity contribution in [3.63, 3.8) is 0 Å². The zero-order valence-corrected chi connectivity index (χ0v) is 10.0. The van der Waals surface area contributed by atoms with Gasteiger partial charge in [0.25, 0.3) is 0 Å². The fraction of sp³-hybridized carbons (Fsp3) is 0.643. The number of allylic oxidation sites excluding steroid dienone is 2. The highest BCUT2D eigenvalue weighted by Crippen LogP contribution is 2.37. The van der Waals surface area contributed by atoms with Crippen LogP contribution in [0.5, 0.6) is 0 Å². The first kappa shape index (κ1) is 11.3. The van der Waals surface area contributed by atoms with E-state index < -0.39 is 0 Å². The molecular weight excluding hydrogens is 196 g/mol. The molecule has 0 radical (unpaired) electrons. The first-order valence-corrected chi connectivity index (χ1v) is 6.25. The van der Waals surface area contributed by atoms with Crippen LogP contribution in [0.15, 0.2) is 23.9 Å². The molecule has 1 aliphatic heterocycles. The Balaban J connectivity index is 2.08. The van der Waals surface area contributed by atoms with E-state index in [1.807, 2.05) is 0 Å². The molecule has 0 aromatic heterocycles. The lowest BCUT2D eigenvalue weighted by atomic mass is 9.73. The van der Waals surface area contributed by atoms with E-state index in [0.717, 1.165) is 13.0 Å². The molecule has 0 amide bonds. The third-order valence-corrected chi connectivity index (χ3v) is 3.82. The Bertz CT molecular complexity index is 335. The van der Waals surface area contributed by atoms with Crippen molar-refractivity contribution in [2.45, 2.75) is 32.1 Å². The summed E-state index contributed by atoms with van der Waals surface area (Å²) >= 11 is 0. The van der Waals surface area contributed by atoms with Gasteiger partial charge in [-0.05, 0) is 42.5 Å². The molecular formula is C14H20N2. The second-order valence-corrected chi connectivity index (χ2v) is 5.01. The molecule has 2 rings (SSSR count). The average molecular weight is 216 g/mol. The molecule has 1 heterocycles. The summed E-state index contributed by atoms with van der Waals surface area (Å²) in [7, 11) is 2.12. The predicted octanol–water partition coefficient (Wildman–Crippen LogP) is 3.09. The zero-order chi connectivity index (χ0) is 11.4. The van der Waals surface area contributed by atoms with E-state index in [9.17, 15) is 0 Å². The summed E-state index contributed by atoms with van der Waals surface area (Å²) in [4.78, 5) is 2.23. The summed E-state index contributed by atoms with van der Waals surface area (Å²) in [6.45, 7) is 1.04. The van der Waals surface area contributed by atoms with E-state index in [4.69, 9.17) is 5.26 Å². The highest BCUT2D eigenvalue weighted by atomic mass is 15.1. The second kappa shape index (κ2) is 5.21. The van der Waals surface area contributed by atoms with Crippen molar-refractivity contribution in [1.82, 2.24) is 4.90 Å². The Kier molecular flexibility index (Phi) is 3.66. The number of hydrogen-bond acceptors (Lipinski definition) is 2. The second-order valence-electron chi connectivity index (χ2n) is 5.01. The van der Waals surface area contributed by atoms with Gasteiger partial charge >= 0.3 is 0 Å². The van der Waals surface area contributed by atoms with Crippen molar-refractivity contribution < 1.29 is 0 Å². The number of likely N-dealkylation sites (N-methyl/N-ethyl adjacent to an activating group) is 1.